The van der Waals surface area contributed by atoms with E-state index in [9.17, 15) is 4.79 Å². The van der Waals surface area contributed by atoms with Crippen LogP contribution >= 0.6 is 0 Å². The van der Waals surface area contributed by atoms with Crippen molar-refractivity contribution in [2.24, 2.45) is 5.10 Å². The van der Waals surface area contributed by atoms with Crippen molar-refractivity contribution in [3.05, 3.63) is 0 Å². The zero-order valence-corrected chi connectivity index (χ0v) is 4.59. The maximum Gasteiger partial charge on any atom is 0.263 e. The summed E-state index contributed by atoms with van der Waals surface area (Å²) in [5.41, 5.74) is 2.60. The summed E-state index contributed by atoms with van der Waals surface area (Å²) in [6.07, 6.45) is 1.99. The highest BCUT2D eigenvalue weighted by atomic mass is 16.2. The molecule has 1 aliphatic rings. The Hall–Kier alpha value is -0.900. The zero-order chi connectivity index (χ0) is 5.98. The van der Waals surface area contributed by atoms with Gasteiger partial charge in [0.1, 0.15) is 0 Å². The first-order valence-electron chi connectivity index (χ1n) is 2.37. The number of hydrogen-bond donors (Lipinski definition) is 1. The van der Waals surface area contributed by atoms with Crippen molar-refractivity contribution < 1.29 is 4.79 Å². The summed E-state index contributed by atoms with van der Waals surface area (Å²) in [6, 6.07) is 0. The van der Waals surface area contributed by atoms with E-state index >= 15 is 0 Å². The molecule has 0 aliphatic carbocycles. The van der Waals surface area contributed by atoms with Crippen LogP contribution in [0, 0.1) is 0 Å². The highest BCUT2D eigenvalue weighted by Gasteiger charge is 2.13. The highest BCUT2D eigenvalue weighted by Crippen LogP contribution is 1.95. The molecule has 4 nitrogen and oxygen atoms in total. The van der Waals surface area contributed by atoms with Gasteiger partial charge >= 0.3 is 0 Å². The largest absolute Gasteiger partial charge is 0.271 e. The SMILES string of the molecule is CNN1N=CCC1=O. The highest BCUT2D eigenvalue weighted by molar-refractivity contribution is 5.93. The average molecular weight is 113 g/mol. The quantitative estimate of drug-likeness (QED) is 0.490. The summed E-state index contributed by atoms with van der Waals surface area (Å²) >= 11 is 0. The molecule has 0 radical (unpaired) electrons. The predicted octanol–water partition coefficient (Wildman–Crippen LogP) is -0.661. The van der Waals surface area contributed by atoms with Crippen molar-refractivity contribution in [3.8, 4) is 0 Å². The fourth-order valence-corrected chi connectivity index (χ4v) is 0.534. The lowest BCUT2D eigenvalue weighted by Gasteiger charge is -2.06. The minimum absolute atomic E-state index is 0.00694. The fourth-order valence-electron chi connectivity index (χ4n) is 0.534. The Labute approximate surface area is 47.1 Å². The Morgan fingerprint density at radius 3 is 3.00 bits per heavy atom. The van der Waals surface area contributed by atoms with Crippen molar-refractivity contribution in [3.63, 3.8) is 0 Å². The number of hydrazine groups is 1. The molecule has 0 unspecified atom stereocenters. The third-order valence-corrected chi connectivity index (χ3v) is 0.911. The van der Waals surface area contributed by atoms with Gasteiger partial charge in [0.2, 0.25) is 0 Å². The van der Waals surface area contributed by atoms with E-state index in [2.05, 4.69) is 10.5 Å². The number of nitrogens with one attached hydrogen (secondary N) is 1. The van der Waals surface area contributed by atoms with Crippen LogP contribution in [0.1, 0.15) is 6.42 Å². The molecule has 1 aliphatic heterocycles. The van der Waals surface area contributed by atoms with Crippen LogP contribution in [0.15, 0.2) is 5.10 Å². The van der Waals surface area contributed by atoms with E-state index in [0.717, 1.165) is 0 Å². The number of hydrazone groups is 1. The average Bonchev–Trinajstić information content (AvgIpc) is 2.14. The predicted molar refractivity (Wildman–Crippen MR) is 29.0 cm³/mol. The second kappa shape index (κ2) is 1.92. The maximum atomic E-state index is 10.5. The van der Waals surface area contributed by atoms with E-state index in [4.69, 9.17) is 0 Å². The smallest absolute Gasteiger partial charge is 0.263 e. The summed E-state index contributed by atoms with van der Waals surface area (Å²) in [4.78, 5) is 10.5. The first-order chi connectivity index (χ1) is 3.84. The molecule has 0 aromatic carbocycles. The van der Waals surface area contributed by atoms with Gasteiger partial charge in [-0.15, -0.1) is 0 Å². The van der Waals surface area contributed by atoms with E-state index in [1.807, 2.05) is 0 Å². The number of rotatable bonds is 1. The number of hydrogen-bond acceptors (Lipinski definition) is 3. The van der Waals surface area contributed by atoms with Crippen LogP contribution in [0.5, 0.6) is 0 Å². The number of carbonyl (C=O) groups is 1. The third kappa shape index (κ3) is 0.696. The van der Waals surface area contributed by atoms with Crippen molar-refractivity contribution in [1.82, 2.24) is 10.5 Å². The molecular weight excluding hydrogens is 106 g/mol. The van der Waals surface area contributed by atoms with Crippen LogP contribution in [0.25, 0.3) is 0 Å². The minimum Gasteiger partial charge on any atom is -0.271 e. The third-order valence-electron chi connectivity index (χ3n) is 0.911. The lowest BCUT2D eigenvalue weighted by Crippen LogP contribution is -2.31. The Bertz CT molecular complexity index is 131. The van der Waals surface area contributed by atoms with E-state index in [1.54, 1.807) is 13.3 Å². The van der Waals surface area contributed by atoms with Gasteiger partial charge in [0.15, 0.2) is 0 Å². The molecule has 0 spiro atoms. The Kier molecular flexibility index (Phi) is 1.26. The molecule has 1 rings (SSSR count). The Morgan fingerprint density at radius 1 is 2.00 bits per heavy atom. The van der Waals surface area contributed by atoms with Crippen molar-refractivity contribution in [1.29, 1.82) is 0 Å². The van der Waals surface area contributed by atoms with E-state index in [1.165, 1.54) is 5.12 Å². The van der Waals surface area contributed by atoms with Gasteiger partial charge in [-0.2, -0.15) is 10.2 Å². The van der Waals surface area contributed by atoms with Crippen LogP contribution in [-0.2, 0) is 4.79 Å². The molecule has 1 heterocycles. The molecular formula is C4H7N3O. The summed E-state index contributed by atoms with van der Waals surface area (Å²) in [5, 5.41) is 4.89. The van der Waals surface area contributed by atoms with E-state index in [-0.39, 0.29) is 5.91 Å². The second-order valence-electron chi connectivity index (χ2n) is 1.43. The molecule has 0 aromatic rings. The van der Waals surface area contributed by atoms with Crippen LogP contribution in [0.4, 0.5) is 0 Å². The molecule has 1 N–H and O–H groups in total. The molecule has 1 amide bonds. The minimum atomic E-state index is -0.00694. The van der Waals surface area contributed by atoms with Gasteiger partial charge in [-0.05, 0) is 0 Å². The fraction of sp³-hybridized carbons (Fsp3) is 0.500. The summed E-state index contributed by atoms with van der Waals surface area (Å²) in [6.45, 7) is 0. The Balaban J connectivity index is 2.53. The van der Waals surface area contributed by atoms with Gasteiger partial charge in [-0.25, -0.2) is 5.43 Å². The first-order valence-corrected chi connectivity index (χ1v) is 2.37. The molecule has 0 saturated heterocycles. The summed E-state index contributed by atoms with van der Waals surface area (Å²) in [7, 11) is 1.65. The molecule has 0 aromatic heterocycles. The molecule has 44 valence electrons. The van der Waals surface area contributed by atoms with Crippen LogP contribution in [0.2, 0.25) is 0 Å². The molecule has 8 heavy (non-hydrogen) atoms. The number of amides is 1. The summed E-state index contributed by atoms with van der Waals surface area (Å²) in [5.74, 6) is -0.00694. The maximum absolute atomic E-state index is 10.5. The van der Waals surface area contributed by atoms with Crippen molar-refractivity contribution >= 4 is 12.1 Å². The first kappa shape index (κ1) is 5.24. The molecule has 4 heteroatoms. The molecule has 0 fully saturated rings. The van der Waals surface area contributed by atoms with Gasteiger partial charge in [-0.3, -0.25) is 4.79 Å². The van der Waals surface area contributed by atoms with Crippen molar-refractivity contribution in [2.75, 3.05) is 7.05 Å². The monoisotopic (exact) mass is 113 g/mol. The number of nitrogens with zero attached hydrogens (tertiary/aromatic N) is 2. The number of carbonyl (C=O) groups excluding carboxylic acids is 1. The van der Waals surface area contributed by atoms with Gasteiger partial charge in [0, 0.05) is 13.3 Å². The van der Waals surface area contributed by atoms with Crippen LogP contribution in [-0.4, -0.2) is 24.3 Å². The molecule has 0 atom stereocenters. The van der Waals surface area contributed by atoms with E-state index < -0.39 is 0 Å². The van der Waals surface area contributed by atoms with Crippen LogP contribution in [0.3, 0.4) is 0 Å². The van der Waals surface area contributed by atoms with E-state index in [0.29, 0.717) is 6.42 Å². The standard InChI is InChI=1S/C4H7N3O/c1-5-7-4(8)2-3-6-7/h3,5H,2H2,1H3. The normalized spacial score (nSPS) is 18.1. The zero-order valence-electron chi connectivity index (χ0n) is 4.59. The molecule has 0 saturated carbocycles. The summed E-state index contributed by atoms with van der Waals surface area (Å²) < 4.78 is 0. The lowest BCUT2D eigenvalue weighted by molar-refractivity contribution is -0.131. The second-order valence-corrected chi connectivity index (χ2v) is 1.43. The Morgan fingerprint density at radius 2 is 2.75 bits per heavy atom. The van der Waals surface area contributed by atoms with Gasteiger partial charge in [0.25, 0.3) is 5.91 Å². The topological polar surface area (TPSA) is 44.7 Å². The van der Waals surface area contributed by atoms with Gasteiger partial charge in [0.05, 0.1) is 6.42 Å². The van der Waals surface area contributed by atoms with Crippen molar-refractivity contribution in [2.45, 2.75) is 6.42 Å². The van der Waals surface area contributed by atoms with Crippen LogP contribution < -0.4 is 5.43 Å². The molecule has 0 bridgehead atoms. The van der Waals surface area contributed by atoms with Gasteiger partial charge < -0.3 is 0 Å². The lowest BCUT2D eigenvalue weighted by atomic mass is 10.5. The van der Waals surface area contributed by atoms with Gasteiger partial charge in [-0.1, -0.05) is 0 Å².